The smallest absolute Gasteiger partial charge is 0.389 e. The Balaban J connectivity index is 2.72. The number of benzene rings is 1. The van der Waals surface area contributed by atoms with Gasteiger partial charge in [-0.05, 0) is 24.1 Å². The van der Waals surface area contributed by atoms with E-state index in [-0.39, 0.29) is 12.2 Å². The van der Waals surface area contributed by atoms with E-state index in [9.17, 15) is 17.6 Å². The average Bonchev–Trinajstić information content (AvgIpc) is 2.25. The van der Waals surface area contributed by atoms with Gasteiger partial charge in [0.15, 0.2) is 11.6 Å². The minimum atomic E-state index is -4.23. The molecule has 0 saturated carbocycles. The maximum Gasteiger partial charge on any atom is 0.389 e. The third-order valence-corrected chi connectivity index (χ3v) is 2.34. The summed E-state index contributed by atoms with van der Waals surface area (Å²) in [5.74, 6) is -0.593. The molecule has 0 spiro atoms. The van der Waals surface area contributed by atoms with Crippen molar-refractivity contribution < 1.29 is 22.3 Å². The van der Waals surface area contributed by atoms with Gasteiger partial charge in [-0.1, -0.05) is 6.07 Å². The third kappa shape index (κ3) is 4.22. The van der Waals surface area contributed by atoms with Gasteiger partial charge >= 0.3 is 6.18 Å². The van der Waals surface area contributed by atoms with Crippen molar-refractivity contribution >= 4 is 0 Å². The summed E-state index contributed by atoms with van der Waals surface area (Å²) >= 11 is 0. The zero-order valence-corrected chi connectivity index (χ0v) is 9.22. The predicted molar refractivity (Wildman–Crippen MR) is 55.2 cm³/mol. The van der Waals surface area contributed by atoms with Crippen molar-refractivity contribution in [3.63, 3.8) is 0 Å². The van der Waals surface area contributed by atoms with E-state index in [2.05, 4.69) is 0 Å². The molecule has 0 saturated heterocycles. The minimum absolute atomic E-state index is 0.0232. The molecular weight excluding hydrogens is 238 g/mol. The van der Waals surface area contributed by atoms with Crippen LogP contribution < -0.4 is 10.5 Å². The fraction of sp³-hybridized carbons (Fsp3) is 0.455. The lowest BCUT2D eigenvalue weighted by molar-refractivity contribution is -0.136. The molecule has 96 valence electrons. The second-order valence-corrected chi connectivity index (χ2v) is 3.65. The molecule has 0 heterocycles. The molecule has 17 heavy (non-hydrogen) atoms. The molecule has 1 aromatic rings. The summed E-state index contributed by atoms with van der Waals surface area (Å²) < 4.78 is 53.8. The van der Waals surface area contributed by atoms with Crippen molar-refractivity contribution in [2.45, 2.75) is 25.1 Å². The summed E-state index contributed by atoms with van der Waals surface area (Å²) in [6, 6.07) is 3.02. The Bertz CT molecular complexity index is 378. The van der Waals surface area contributed by atoms with Crippen LogP contribution in [-0.2, 0) is 0 Å². The molecule has 1 aromatic carbocycles. The van der Waals surface area contributed by atoms with E-state index < -0.39 is 24.5 Å². The van der Waals surface area contributed by atoms with Gasteiger partial charge in [-0.3, -0.25) is 0 Å². The van der Waals surface area contributed by atoms with Crippen molar-refractivity contribution in [2.75, 3.05) is 7.11 Å². The molecule has 0 fully saturated rings. The van der Waals surface area contributed by atoms with Gasteiger partial charge in [0.1, 0.15) is 0 Å². The van der Waals surface area contributed by atoms with E-state index in [4.69, 9.17) is 10.5 Å². The van der Waals surface area contributed by atoms with Gasteiger partial charge < -0.3 is 10.5 Å². The van der Waals surface area contributed by atoms with Crippen molar-refractivity contribution in [1.82, 2.24) is 0 Å². The quantitative estimate of drug-likeness (QED) is 0.834. The fourth-order valence-corrected chi connectivity index (χ4v) is 1.39. The minimum Gasteiger partial charge on any atom is -0.494 e. The van der Waals surface area contributed by atoms with Crippen LogP contribution >= 0.6 is 0 Å². The number of methoxy groups -OCH3 is 1. The molecule has 0 unspecified atom stereocenters. The monoisotopic (exact) mass is 251 g/mol. The zero-order chi connectivity index (χ0) is 13.1. The Labute approximate surface area is 96.4 Å². The first kappa shape index (κ1) is 13.8. The first-order valence-corrected chi connectivity index (χ1v) is 4.99. The lowest BCUT2D eigenvalue weighted by atomic mass is 10.0. The molecule has 0 radical (unpaired) electrons. The second-order valence-electron chi connectivity index (χ2n) is 3.65. The van der Waals surface area contributed by atoms with Crippen molar-refractivity contribution in [2.24, 2.45) is 5.73 Å². The van der Waals surface area contributed by atoms with Crippen LogP contribution in [0.15, 0.2) is 18.2 Å². The van der Waals surface area contributed by atoms with Gasteiger partial charge in [0.25, 0.3) is 0 Å². The lowest BCUT2D eigenvalue weighted by Gasteiger charge is -2.14. The Morgan fingerprint density at radius 1 is 1.35 bits per heavy atom. The van der Waals surface area contributed by atoms with Crippen LogP contribution in [0.4, 0.5) is 17.6 Å². The summed E-state index contributed by atoms with van der Waals surface area (Å²) in [4.78, 5) is 0. The number of alkyl halides is 3. The van der Waals surface area contributed by atoms with Gasteiger partial charge in [-0.2, -0.15) is 13.2 Å². The van der Waals surface area contributed by atoms with Crippen LogP contribution in [0.1, 0.15) is 24.4 Å². The first-order valence-electron chi connectivity index (χ1n) is 4.99. The number of ether oxygens (including phenoxy) is 1. The average molecular weight is 251 g/mol. The molecule has 2 N–H and O–H groups in total. The summed E-state index contributed by atoms with van der Waals surface area (Å²) in [5, 5.41) is 0. The Hall–Kier alpha value is -1.30. The van der Waals surface area contributed by atoms with Crippen LogP contribution in [0.25, 0.3) is 0 Å². The van der Waals surface area contributed by atoms with E-state index in [1.807, 2.05) is 0 Å². The second kappa shape index (κ2) is 5.35. The molecule has 1 atom stereocenters. The van der Waals surface area contributed by atoms with Crippen LogP contribution in [0.2, 0.25) is 0 Å². The third-order valence-electron chi connectivity index (χ3n) is 2.34. The predicted octanol–water partition coefficient (Wildman–Crippen LogP) is 3.18. The number of halogens is 4. The molecular formula is C11H13F4NO. The van der Waals surface area contributed by atoms with E-state index in [1.54, 1.807) is 0 Å². The van der Waals surface area contributed by atoms with Crippen LogP contribution in [-0.4, -0.2) is 13.3 Å². The topological polar surface area (TPSA) is 35.2 Å². The SMILES string of the molecule is COc1cc([C@@H](N)CCC(F)(F)F)ccc1F. The van der Waals surface area contributed by atoms with E-state index in [0.717, 1.165) is 6.07 Å². The normalized spacial score (nSPS) is 13.5. The standard InChI is InChI=1S/C11H13F4NO/c1-17-10-6-7(2-3-8(10)12)9(16)4-5-11(13,14)15/h2-3,6,9H,4-5,16H2,1H3/t9-/m0/s1. The molecule has 0 aromatic heterocycles. The zero-order valence-electron chi connectivity index (χ0n) is 9.22. The first-order chi connectivity index (χ1) is 7.83. The highest BCUT2D eigenvalue weighted by Crippen LogP contribution is 2.28. The highest BCUT2D eigenvalue weighted by molar-refractivity contribution is 5.31. The van der Waals surface area contributed by atoms with Gasteiger partial charge in [-0.25, -0.2) is 4.39 Å². The largest absolute Gasteiger partial charge is 0.494 e. The maximum atomic E-state index is 13.1. The van der Waals surface area contributed by atoms with Crippen LogP contribution in [0, 0.1) is 5.82 Å². The molecule has 0 aliphatic heterocycles. The van der Waals surface area contributed by atoms with Crippen LogP contribution in [0.3, 0.4) is 0 Å². The summed E-state index contributed by atoms with van der Waals surface area (Å²) in [7, 11) is 1.28. The summed E-state index contributed by atoms with van der Waals surface area (Å²) in [5.41, 5.74) is 6.02. The Morgan fingerprint density at radius 3 is 2.53 bits per heavy atom. The number of hydrogen-bond acceptors (Lipinski definition) is 2. The lowest BCUT2D eigenvalue weighted by Crippen LogP contribution is -2.16. The number of rotatable bonds is 4. The van der Waals surface area contributed by atoms with Gasteiger partial charge in [0.2, 0.25) is 0 Å². The van der Waals surface area contributed by atoms with Gasteiger partial charge in [-0.15, -0.1) is 0 Å². The van der Waals surface area contributed by atoms with Crippen molar-refractivity contribution in [1.29, 1.82) is 0 Å². The molecule has 1 rings (SSSR count). The van der Waals surface area contributed by atoms with E-state index in [1.165, 1.54) is 19.2 Å². The molecule has 0 aliphatic carbocycles. The number of nitrogens with two attached hydrogens (primary N) is 1. The summed E-state index contributed by atoms with van der Waals surface area (Å²) in [6.45, 7) is 0. The molecule has 6 heteroatoms. The van der Waals surface area contributed by atoms with Gasteiger partial charge in [0, 0.05) is 12.5 Å². The summed E-state index contributed by atoms with van der Waals surface area (Å²) in [6.07, 6.45) is -5.44. The van der Waals surface area contributed by atoms with Gasteiger partial charge in [0.05, 0.1) is 7.11 Å². The molecule has 0 amide bonds. The Morgan fingerprint density at radius 2 is 2.00 bits per heavy atom. The number of hydrogen-bond donors (Lipinski definition) is 1. The molecule has 0 aliphatic rings. The molecule has 0 bridgehead atoms. The van der Waals surface area contributed by atoms with Crippen molar-refractivity contribution in [3.8, 4) is 5.75 Å². The van der Waals surface area contributed by atoms with Crippen molar-refractivity contribution in [3.05, 3.63) is 29.6 Å². The highest BCUT2D eigenvalue weighted by Gasteiger charge is 2.27. The van der Waals surface area contributed by atoms with Crippen LogP contribution in [0.5, 0.6) is 5.75 Å². The van der Waals surface area contributed by atoms with E-state index >= 15 is 0 Å². The maximum absolute atomic E-state index is 13.1. The molecule has 2 nitrogen and oxygen atoms in total. The highest BCUT2D eigenvalue weighted by atomic mass is 19.4. The fourth-order valence-electron chi connectivity index (χ4n) is 1.39. The Kier molecular flexibility index (Phi) is 4.34. The van der Waals surface area contributed by atoms with E-state index in [0.29, 0.717) is 5.56 Å².